The van der Waals surface area contributed by atoms with Gasteiger partial charge in [-0.05, 0) is 25.7 Å². The number of nitro groups is 1. The Bertz CT molecular complexity index is 532. The number of hydrogen-bond donors (Lipinski definition) is 1. The third-order valence-corrected chi connectivity index (χ3v) is 3.93. The summed E-state index contributed by atoms with van der Waals surface area (Å²) < 4.78 is 0. The van der Waals surface area contributed by atoms with E-state index in [1.165, 1.54) is 44.4 Å². The lowest BCUT2D eigenvalue weighted by Crippen LogP contribution is -2.28. The van der Waals surface area contributed by atoms with Crippen molar-refractivity contribution in [3.05, 3.63) is 27.9 Å². The van der Waals surface area contributed by atoms with Gasteiger partial charge in [0.1, 0.15) is 23.6 Å². The van der Waals surface area contributed by atoms with E-state index in [0.717, 1.165) is 0 Å². The highest BCUT2D eigenvalue weighted by molar-refractivity contribution is 5.55. The minimum atomic E-state index is -0.539. The van der Waals surface area contributed by atoms with Crippen molar-refractivity contribution in [1.82, 2.24) is 4.98 Å². The van der Waals surface area contributed by atoms with Crippen LogP contribution in [0.5, 0.6) is 0 Å². The first kappa shape index (κ1) is 14.3. The van der Waals surface area contributed by atoms with E-state index in [0.29, 0.717) is 11.7 Å². The Morgan fingerprint density at radius 1 is 1.50 bits per heavy atom. The maximum absolute atomic E-state index is 10.7. The predicted octanol–water partition coefficient (Wildman–Crippen LogP) is 3.24. The van der Waals surface area contributed by atoms with Gasteiger partial charge in [-0.15, -0.1) is 0 Å². The number of anilines is 1. The van der Waals surface area contributed by atoms with Gasteiger partial charge < -0.3 is 5.32 Å². The smallest absolute Gasteiger partial charge is 0.289 e. The molecule has 6 heteroatoms. The Labute approximate surface area is 118 Å². The van der Waals surface area contributed by atoms with Gasteiger partial charge in [0.05, 0.1) is 4.92 Å². The molecule has 0 bridgehead atoms. The normalized spacial score (nSPS) is 17.2. The van der Waals surface area contributed by atoms with Crippen molar-refractivity contribution in [1.29, 1.82) is 5.26 Å². The molecule has 0 amide bonds. The third kappa shape index (κ3) is 3.23. The van der Waals surface area contributed by atoms with E-state index in [9.17, 15) is 10.1 Å². The lowest BCUT2D eigenvalue weighted by Gasteiger charge is -2.28. The highest BCUT2D eigenvalue weighted by atomic mass is 16.6. The second-order valence-corrected chi connectivity index (χ2v) is 5.29. The van der Waals surface area contributed by atoms with Crippen LogP contribution in [0.4, 0.5) is 11.5 Å². The lowest BCUT2D eigenvalue weighted by atomic mass is 9.84. The van der Waals surface area contributed by atoms with Crippen LogP contribution in [0.1, 0.15) is 44.6 Å². The molecule has 1 heterocycles. The molecule has 1 aromatic heterocycles. The molecule has 0 saturated heterocycles. The molecular formula is C14H18N4O2. The zero-order chi connectivity index (χ0) is 14.5. The molecule has 0 aromatic carbocycles. The first-order valence-electron chi connectivity index (χ1n) is 6.93. The van der Waals surface area contributed by atoms with Gasteiger partial charge in [0.25, 0.3) is 5.69 Å². The maximum atomic E-state index is 10.7. The van der Waals surface area contributed by atoms with E-state index in [1.54, 1.807) is 0 Å². The summed E-state index contributed by atoms with van der Waals surface area (Å²) in [6.45, 7) is 2.08. The Kier molecular flexibility index (Phi) is 4.51. The summed E-state index contributed by atoms with van der Waals surface area (Å²) in [4.78, 5) is 14.2. The molecule has 1 aliphatic rings. The number of hydrogen-bond acceptors (Lipinski definition) is 5. The highest BCUT2D eigenvalue weighted by Crippen LogP contribution is 2.28. The molecule has 1 unspecified atom stereocenters. The van der Waals surface area contributed by atoms with Gasteiger partial charge in [0, 0.05) is 12.1 Å². The second-order valence-electron chi connectivity index (χ2n) is 5.29. The molecule has 106 valence electrons. The molecule has 1 aliphatic carbocycles. The molecular weight excluding hydrogens is 256 g/mol. The zero-order valence-electron chi connectivity index (χ0n) is 11.5. The van der Waals surface area contributed by atoms with Crippen molar-refractivity contribution in [3.8, 4) is 6.07 Å². The summed E-state index contributed by atoms with van der Waals surface area (Å²) in [7, 11) is 0. The van der Waals surface area contributed by atoms with Gasteiger partial charge >= 0.3 is 0 Å². The average molecular weight is 274 g/mol. The summed E-state index contributed by atoms with van der Waals surface area (Å²) in [6.07, 6.45) is 7.34. The molecule has 1 saturated carbocycles. The maximum Gasteiger partial charge on any atom is 0.289 e. The van der Waals surface area contributed by atoms with Gasteiger partial charge in [-0.2, -0.15) is 5.26 Å². The molecule has 1 aromatic rings. The number of nitrogens with one attached hydrogen (secondary N) is 1. The highest BCUT2D eigenvalue weighted by Gasteiger charge is 2.21. The predicted molar refractivity (Wildman–Crippen MR) is 75.3 cm³/mol. The molecule has 6 nitrogen and oxygen atoms in total. The number of pyridine rings is 1. The van der Waals surface area contributed by atoms with Crippen molar-refractivity contribution in [2.45, 2.75) is 45.1 Å². The van der Waals surface area contributed by atoms with Crippen LogP contribution < -0.4 is 5.32 Å². The molecule has 2 rings (SSSR count). The Balaban J connectivity index is 2.12. The number of rotatable bonds is 4. The van der Waals surface area contributed by atoms with Gasteiger partial charge in [-0.1, -0.05) is 19.3 Å². The van der Waals surface area contributed by atoms with E-state index in [1.807, 2.05) is 6.07 Å². The average Bonchev–Trinajstić information content (AvgIpc) is 2.48. The molecule has 0 radical (unpaired) electrons. The van der Waals surface area contributed by atoms with E-state index < -0.39 is 4.92 Å². The van der Waals surface area contributed by atoms with E-state index in [4.69, 9.17) is 5.26 Å². The first-order valence-corrected chi connectivity index (χ1v) is 6.93. The van der Waals surface area contributed by atoms with Crippen LogP contribution in [-0.2, 0) is 0 Å². The SMILES string of the molecule is CC(Nc1ncc([N+](=O)[O-])cc1C#N)C1CCCCC1. The quantitative estimate of drug-likeness (QED) is 0.672. The summed E-state index contributed by atoms with van der Waals surface area (Å²) in [5.74, 6) is 1.02. The van der Waals surface area contributed by atoms with Crippen LogP contribution in [0.3, 0.4) is 0 Å². The van der Waals surface area contributed by atoms with Crippen molar-refractivity contribution in [2.24, 2.45) is 5.92 Å². The third-order valence-electron chi connectivity index (χ3n) is 3.93. The topological polar surface area (TPSA) is 91.8 Å². The molecule has 0 aliphatic heterocycles. The Morgan fingerprint density at radius 3 is 2.80 bits per heavy atom. The Hall–Kier alpha value is -2.16. The van der Waals surface area contributed by atoms with Crippen molar-refractivity contribution >= 4 is 11.5 Å². The summed E-state index contributed by atoms with van der Waals surface area (Å²) in [6, 6.07) is 3.46. The van der Waals surface area contributed by atoms with E-state index >= 15 is 0 Å². The zero-order valence-corrected chi connectivity index (χ0v) is 11.5. The van der Waals surface area contributed by atoms with Crippen LogP contribution in [0.25, 0.3) is 0 Å². The molecule has 1 atom stereocenters. The minimum absolute atomic E-state index is 0.155. The lowest BCUT2D eigenvalue weighted by molar-refractivity contribution is -0.385. The fourth-order valence-electron chi connectivity index (χ4n) is 2.72. The summed E-state index contributed by atoms with van der Waals surface area (Å²) in [5.41, 5.74) is 0.0688. The van der Waals surface area contributed by atoms with Gasteiger partial charge in [0.15, 0.2) is 0 Å². The molecule has 20 heavy (non-hydrogen) atoms. The number of nitrogens with zero attached hydrogens (tertiary/aromatic N) is 3. The number of nitriles is 1. The van der Waals surface area contributed by atoms with Crippen LogP contribution >= 0.6 is 0 Å². The van der Waals surface area contributed by atoms with Crippen LogP contribution in [0.15, 0.2) is 12.3 Å². The van der Waals surface area contributed by atoms with Gasteiger partial charge in [-0.3, -0.25) is 10.1 Å². The second kappa shape index (κ2) is 6.33. The van der Waals surface area contributed by atoms with Crippen LogP contribution in [0, 0.1) is 27.4 Å². The molecule has 1 N–H and O–H groups in total. The molecule has 0 spiro atoms. The van der Waals surface area contributed by atoms with Crippen molar-refractivity contribution < 1.29 is 4.92 Å². The van der Waals surface area contributed by atoms with E-state index in [2.05, 4.69) is 17.2 Å². The van der Waals surface area contributed by atoms with Crippen molar-refractivity contribution in [3.63, 3.8) is 0 Å². The minimum Gasteiger partial charge on any atom is -0.366 e. The largest absolute Gasteiger partial charge is 0.366 e. The summed E-state index contributed by atoms with van der Waals surface area (Å²) in [5, 5.41) is 23.0. The fourth-order valence-corrected chi connectivity index (χ4v) is 2.72. The standard InChI is InChI=1S/C14H18N4O2/c1-10(11-5-3-2-4-6-11)17-14-12(8-15)7-13(9-16-14)18(19)20/h7,9-11H,2-6H2,1H3,(H,16,17). The van der Waals surface area contributed by atoms with Gasteiger partial charge in [-0.25, -0.2) is 4.98 Å². The van der Waals surface area contributed by atoms with Crippen LogP contribution in [0.2, 0.25) is 0 Å². The van der Waals surface area contributed by atoms with Crippen LogP contribution in [-0.4, -0.2) is 15.9 Å². The first-order chi connectivity index (χ1) is 9.61. The fraction of sp³-hybridized carbons (Fsp3) is 0.571. The van der Waals surface area contributed by atoms with Crippen molar-refractivity contribution in [2.75, 3.05) is 5.32 Å². The monoisotopic (exact) mass is 274 g/mol. The van der Waals surface area contributed by atoms with E-state index in [-0.39, 0.29) is 17.3 Å². The number of aromatic nitrogens is 1. The summed E-state index contributed by atoms with van der Waals surface area (Å²) >= 11 is 0. The van der Waals surface area contributed by atoms with Gasteiger partial charge in [0.2, 0.25) is 0 Å². The molecule has 1 fully saturated rings. The Morgan fingerprint density at radius 2 is 2.20 bits per heavy atom.